The van der Waals surface area contributed by atoms with E-state index in [1.54, 1.807) is 18.3 Å². The Labute approximate surface area is 330 Å². The number of carbonyl (C=O) groups excluding carboxylic acids is 3. The lowest BCUT2D eigenvalue weighted by Gasteiger charge is -2.36. The van der Waals surface area contributed by atoms with Gasteiger partial charge in [0.05, 0.1) is 19.9 Å². The quantitative estimate of drug-likeness (QED) is 0.0500. The van der Waals surface area contributed by atoms with Crippen molar-refractivity contribution < 1.29 is 29.0 Å². The maximum absolute atomic E-state index is 15.1. The van der Waals surface area contributed by atoms with E-state index in [1.807, 2.05) is 44.3 Å². The molecular formula is C46H56N4O6. The molecule has 5 aliphatic rings. The summed E-state index contributed by atoms with van der Waals surface area (Å²) in [5, 5.41) is 20.6. The number of anilines is 1. The summed E-state index contributed by atoms with van der Waals surface area (Å²) in [6.07, 6.45) is 22.0. The number of benzene rings is 1. The number of aliphatic hydroxyl groups is 1. The predicted octanol–water partition coefficient (Wildman–Crippen LogP) is 6.39. The number of hydrogen-bond donors (Lipinski definition) is 4. The summed E-state index contributed by atoms with van der Waals surface area (Å²) < 4.78 is 12.6. The number of hydrogen-bond acceptors (Lipinski definition) is 10. The van der Waals surface area contributed by atoms with Crippen LogP contribution in [0.5, 0.6) is 0 Å². The number of rotatable bonds is 16. The molecule has 1 aromatic heterocycles. The SMILES string of the molecule is CCN[C@H]1C=C2C=CCC[C@H]2C[C@@H]1COC(=O)[C@]12O[C@@]1(C/C(CO)=C(\C)CCc1ccnc(NCNC)c1)C(=O)c1cccc(C[C@]3(C)C=CC=CC3)c1C2=O. The molecule has 10 heteroatoms. The molecule has 1 aliphatic heterocycles. The molecule has 4 aliphatic carbocycles. The average Bonchev–Trinajstić information content (AvgIpc) is 3.91. The van der Waals surface area contributed by atoms with E-state index in [4.69, 9.17) is 9.47 Å². The zero-order valence-corrected chi connectivity index (χ0v) is 33.2. The van der Waals surface area contributed by atoms with Gasteiger partial charge in [0, 0.05) is 35.7 Å². The van der Waals surface area contributed by atoms with Gasteiger partial charge in [-0.1, -0.05) is 80.2 Å². The molecule has 1 aromatic carbocycles. The second-order valence-electron chi connectivity index (χ2n) is 16.4. The molecule has 1 fully saturated rings. The van der Waals surface area contributed by atoms with E-state index in [-0.39, 0.29) is 48.1 Å². The first-order chi connectivity index (χ1) is 27.1. The number of pyridine rings is 1. The number of Topliss-reactive ketones (excluding diaryl/α,β-unsaturated/α-hetero) is 2. The van der Waals surface area contributed by atoms with Gasteiger partial charge in [-0.25, -0.2) is 9.78 Å². The summed E-state index contributed by atoms with van der Waals surface area (Å²) in [6, 6.07) is 9.29. The Morgan fingerprint density at radius 3 is 2.77 bits per heavy atom. The van der Waals surface area contributed by atoms with E-state index in [9.17, 15) is 14.7 Å². The molecule has 0 spiro atoms. The van der Waals surface area contributed by atoms with Crippen LogP contribution in [-0.2, 0) is 27.1 Å². The van der Waals surface area contributed by atoms with Crippen LogP contribution in [0.4, 0.5) is 5.82 Å². The van der Waals surface area contributed by atoms with Crippen molar-refractivity contribution in [1.29, 1.82) is 0 Å². The molecule has 7 rings (SSSR count). The van der Waals surface area contributed by atoms with Gasteiger partial charge in [0.25, 0.3) is 5.60 Å². The summed E-state index contributed by atoms with van der Waals surface area (Å²) in [6.45, 7) is 7.18. The van der Waals surface area contributed by atoms with Gasteiger partial charge in [-0.15, -0.1) is 0 Å². The smallest absolute Gasteiger partial charge is 0.350 e. The number of epoxide rings is 1. The summed E-state index contributed by atoms with van der Waals surface area (Å²) in [5.41, 5.74) is 0.764. The van der Waals surface area contributed by atoms with E-state index in [1.165, 1.54) is 5.57 Å². The van der Waals surface area contributed by atoms with E-state index in [2.05, 4.69) is 65.2 Å². The van der Waals surface area contributed by atoms with Crippen molar-refractivity contribution in [2.75, 3.05) is 38.8 Å². The number of aromatic nitrogens is 1. The molecule has 1 saturated heterocycles. The van der Waals surface area contributed by atoms with Gasteiger partial charge < -0.3 is 30.5 Å². The highest BCUT2D eigenvalue weighted by atomic mass is 16.7. The van der Waals surface area contributed by atoms with Crippen molar-refractivity contribution in [3.05, 3.63) is 118 Å². The Morgan fingerprint density at radius 2 is 2.00 bits per heavy atom. The fourth-order valence-electron chi connectivity index (χ4n) is 9.24. The molecule has 0 radical (unpaired) electrons. The van der Waals surface area contributed by atoms with Crippen LogP contribution in [0.3, 0.4) is 0 Å². The fraction of sp³-hybridized carbons (Fsp3) is 0.478. The van der Waals surface area contributed by atoms with Crippen LogP contribution in [0.1, 0.15) is 91.1 Å². The molecule has 56 heavy (non-hydrogen) atoms. The van der Waals surface area contributed by atoms with Crippen molar-refractivity contribution in [2.24, 2.45) is 17.3 Å². The average molecular weight is 761 g/mol. The van der Waals surface area contributed by atoms with Crippen molar-refractivity contribution >= 4 is 23.4 Å². The van der Waals surface area contributed by atoms with Crippen molar-refractivity contribution in [1.82, 2.24) is 15.6 Å². The summed E-state index contributed by atoms with van der Waals surface area (Å²) in [7, 11) is 1.85. The molecule has 2 heterocycles. The van der Waals surface area contributed by atoms with E-state index in [0.29, 0.717) is 43.0 Å². The van der Waals surface area contributed by atoms with Gasteiger partial charge in [-0.05, 0) is 111 Å². The number of ether oxygens (including phenoxy) is 2. The highest BCUT2D eigenvalue weighted by Crippen LogP contribution is 2.60. The number of ketones is 2. The Morgan fingerprint density at radius 1 is 1.14 bits per heavy atom. The maximum Gasteiger partial charge on any atom is 0.350 e. The lowest BCUT2D eigenvalue weighted by Crippen LogP contribution is -2.52. The number of carbonyl (C=O) groups is 3. The second kappa shape index (κ2) is 16.5. The van der Waals surface area contributed by atoms with Crippen LogP contribution in [0, 0.1) is 17.3 Å². The third kappa shape index (κ3) is 7.52. The van der Waals surface area contributed by atoms with Crippen molar-refractivity contribution in [2.45, 2.75) is 89.4 Å². The molecule has 0 unspecified atom stereocenters. The maximum atomic E-state index is 15.1. The number of allylic oxidation sites excluding steroid dienone is 8. The van der Waals surface area contributed by atoms with E-state index < -0.39 is 28.7 Å². The molecule has 0 amide bonds. The Kier molecular flexibility index (Phi) is 11.7. The molecular weight excluding hydrogens is 705 g/mol. The minimum atomic E-state index is -2.15. The number of fused-ring (bicyclic) bond motifs is 3. The number of esters is 1. The van der Waals surface area contributed by atoms with E-state index in [0.717, 1.165) is 49.2 Å². The first-order valence-electron chi connectivity index (χ1n) is 20.2. The number of nitrogens with zero attached hydrogens (tertiary/aromatic N) is 1. The zero-order valence-electron chi connectivity index (χ0n) is 33.2. The number of aliphatic hydroxyl groups excluding tert-OH is 1. The minimum Gasteiger partial charge on any atom is -0.463 e. The topological polar surface area (TPSA) is 142 Å². The highest BCUT2D eigenvalue weighted by molar-refractivity contribution is 6.33. The molecule has 6 atom stereocenters. The van der Waals surface area contributed by atoms with Gasteiger partial charge >= 0.3 is 5.97 Å². The van der Waals surface area contributed by atoms with Crippen LogP contribution in [0.25, 0.3) is 0 Å². The molecule has 10 nitrogen and oxygen atoms in total. The van der Waals surface area contributed by atoms with Crippen LogP contribution < -0.4 is 16.0 Å². The van der Waals surface area contributed by atoms with Gasteiger partial charge in [-0.3, -0.25) is 9.59 Å². The minimum absolute atomic E-state index is 0.000630. The fourth-order valence-corrected chi connectivity index (χ4v) is 9.24. The Bertz CT molecular complexity index is 2010. The van der Waals surface area contributed by atoms with Crippen LogP contribution >= 0.6 is 0 Å². The van der Waals surface area contributed by atoms with Crippen LogP contribution in [0.2, 0.25) is 0 Å². The van der Waals surface area contributed by atoms with Gasteiger partial charge in [0.2, 0.25) is 5.78 Å². The standard InChI is InChI=1S/C46H56N4O6/c1-5-48-38-24-33-13-8-7-12-32(33)23-35(38)28-55-43(54)46-42(53)40-34(25-44(3)19-9-6-10-20-44)14-11-15-37(40)41(52)45(46,56-46)26-36(27-51)30(2)16-17-31-18-21-49-39(22-31)50-29-47-4/h6,8-11,13-15,18-19,21-22,24,32,35,38,47-48,51H,5,7,12,16-17,20,23,25-29H2,1-4H3,(H,49,50)/b36-30-/t32-,35+,38-,44+,45-,46-/m0/s1. The molecule has 0 saturated carbocycles. The molecule has 296 valence electrons. The summed E-state index contributed by atoms with van der Waals surface area (Å²) in [5.74, 6) is -0.663. The number of nitrogens with one attached hydrogen (secondary N) is 3. The normalized spacial score (nSPS) is 29.2. The number of aryl methyl sites for hydroxylation is 1. The van der Waals surface area contributed by atoms with Gasteiger partial charge in [0.1, 0.15) is 5.82 Å². The van der Waals surface area contributed by atoms with Gasteiger partial charge in [0.15, 0.2) is 11.4 Å². The number of likely N-dealkylation sites (N-methyl/N-ethyl adjacent to an activating group) is 1. The van der Waals surface area contributed by atoms with Crippen molar-refractivity contribution in [3.8, 4) is 0 Å². The Hall–Kier alpha value is -4.48. The first kappa shape index (κ1) is 39.7. The molecule has 0 bridgehead atoms. The Balaban J connectivity index is 1.20. The summed E-state index contributed by atoms with van der Waals surface area (Å²) in [4.78, 5) is 49.0. The largest absolute Gasteiger partial charge is 0.463 e. The second-order valence-corrected chi connectivity index (χ2v) is 16.4. The lowest BCUT2D eigenvalue weighted by atomic mass is 9.68. The zero-order chi connectivity index (χ0) is 39.5. The van der Waals surface area contributed by atoms with E-state index >= 15 is 4.79 Å². The van der Waals surface area contributed by atoms with Crippen LogP contribution in [-0.4, -0.2) is 78.3 Å². The molecule has 2 aromatic rings. The molecule has 4 N–H and O–H groups in total. The predicted molar refractivity (Wildman–Crippen MR) is 217 cm³/mol. The van der Waals surface area contributed by atoms with Crippen LogP contribution in [0.15, 0.2) is 95.8 Å². The highest BCUT2D eigenvalue weighted by Gasteiger charge is 2.85. The third-order valence-corrected chi connectivity index (χ3v) is 12.5. The third-order valence-electron chi connectivity index (χ3n) is 12.5. The van der Waals surface area contributed by atoms with Crippen molar-refractivity contribution in [3.63, 3.8) is 0 Å². The first-order valence-corrected chi connectivity index (χ1v) is 20.2. The van der Waals surface area contributed by atoms with Gasteiger partial charge in [-0.2, -0.15) is 0 Å². The monoisotopic (exact) mass is 760 g/mol. The lowest BCUT2D eigenvalue weighted by molar-refractivity contribution is -0.150. The summed E-state index contributed by atoms with van der Waals surface area (Å²) >= 11 is 0.